The number of halogens is 1. The molecule has 0 radical (unpaired) electrons. The van der Waals surface area contributed by atoms with Crippen molar-refractivity contribution < 1.29 is 9.47 Å². The van der Waals surface area contributed by atoms with Crippen molar-refractivity contribution >= 4 is 29.9 Å². The summed E-state index contributed by atoms with van der Waals surface area (Å²) in [4.78, 5) is 6.50. The van der Waals surface area contributed by atoms with Crippen molar-refractivity contribution in [3.05, 3.63) is 23.8 Å². The first-order valence-corrected chi connectivity index (χ1v) is 5.71. The largest absolute Gasteiger partial charge is 0.454 e. The number of likely N-dealkylation sites (N-methyl/N-ethyl adjacent to an activating group) is 1. The molecule has 1 N–H and O–H groups in total. The summed E-state index contributed by atoms with van der Waals surface area (Å²) in [6, 6.07) is 5.99. The van der Waals surface area contributed by atoms with E-state index in [9.17, 15) is 0 Å². The zero-order chi connectivity index (χ0) is 11.7. The van der Waals surface area contributed by atoms with Crippen molar-refractivity contribution in [3.63, 3.8) is 0 Å². The Kier molecular flexibility index (Phi) is 4.15. The molecule has 0 unspecified atom stereocenters. The number of nitrogens with one attached hydrogen (secondary N) is 1. The van der Waals surface area contributed by atoms with Crippen molar-refractivity contribution in [2.75, 3.05) is 26.9 Å². The third kappa shape index (κ3) is 2.63. The molecule has 0 amide bonds. The predicted molar refractivity (Wildman–Crippen MR) is 79.8 cm³/mol. The van der Waals surface area contributed by atoms with Crippen LogP contribution in [0.2, 0.25) is 0 Å². The first-order valence-electron chi connectivity index (χ1n) is 5.71. The van der Waals surface area contributed by atoms with Crippen LogP contribution in [0.5, 0.6) is 11.5 Å². The van der Waals surface area contributed by atoms with Gasteiger partial charge in [-0.15, -0.1) is 24.0 Å². The van der Waals surface area contributed by atoms with Gasteiger partial charge in [-0.25, -0.2) is 0 Å². The number of guanidine groups is 1. The molecule has 0 atom stereocenters. The van der Waals surface area contributed by atoms with Gasteiger partial charge in [0, 0.05) is 20.1 Å². The number of aliphatic imine (C=N–C) groups is 1. The molecular weight excluding hydrogens is 345 g/mol. The van der Waals surface area contributed by atoms with Crippen LogP contribution in [0.25, 0.3) is 0 Å². The van der Waals surface area contributed by atoms with Crippen LogP contribution >= 0.6 is 24.0 Å². The first-order chi connectivity index (χ1) is 8.33. The number of hydrogen-bond acceptors (Lipinski definition) is 5. The van der Waals surface area contributed by atoms with Crippen LogP contribution in [0.4, 0.5) is 0 Å². The summed E-state index contributed by atoms with van der Waals surface area (Å²) in [6.07, 6.45) is 0. The van der Waals surface area contributed by atoms with Crippen molar-refractivity contribution in [1.82, 2.24) is 10.2 Å². The molecule has 2 aliphatic rings. The Labute approximate surface area is 123 Å². The molecule has 2 aliphatic heterocycles. The average Bonchev–Trinajstić information content (AvgIpc) is 2.94. The maximum Gasteiger partial charge on any atom is 0.231 e. The van der Waals surface area contributed by atoms with Crippen LogP contribution in [0.1, 0.15) is 5.56 Å². The number of benzene rings is 1. The van der Waals surface area contributed by atoms with Crippen LogP contribution in [0.15, 0.2) is 23.2 Å². The van der Waals surface area contributed by atoms with E-state index >= 15 is 0 Å². The van der Waals surface area contributed by atoms with Crippen LogP contribution in [0, 0.1) is 0 Å². The Bertz CT molecular complexity index is 465. The highest BCUT2D eigenvalue weighted by molar-refractivity contribution is 14.0. The fraction of sp³-hybridized carbons (Fsp3) is 0.417. The molecule has 0 spiro atoms. The molecule has 0 aromatic heterocycles. The van der Waals surface area contributed by atoms with E-state index in [1.54, 1.807) is 0 Å². The summed E-state index contributed by atoms with van der Waals surface area (Å²) >= 11 is 0. The van der Waals surface area contributed by atoms with Gasteiger partial charge >= 0.3 is 0 Å². The second kappa shape index (κ2) is 5.64. The van der Waals surface area contributed by atoms with Gasteiger partial charge in [-0.05, 0) is 17.7 Å². The lowest BCUT2D eigenvalue weighted by Gasteiger charge is -2.15. The van der Waals surface area contributed by atoms with E-state index < -0.39 is 0 Å². The molecule has 0 fully saturated rings. The van der Waals surface area contributed by atoms with Gasteiger partial charge in [-0.3, -0.25) is 4.99 Å². The highest BCUT2D eigenvalue weighted by Crippen LogP contribution is 2.32. The minimum Gasteiger partial charge on any atom is -0.454 e. The Morgan fingerprint density at radius 1 is 1.33 bits per heavy atom. The molecule has 6 heteroatoms. The van der Waals surface area contributed by atoms with Gasteiger partial charge in [0.2, 0.25) is 6.79 Å². The lowest BCUT2D eigenvalue weighted by Crippen LogP contribution is -2.35. The maximum atomic E-state index is 5.34. The summed E-state index contributed by atoms with van der Waals surface area (Å²) < 4.78 is 10.6. The Morgan fingerprint density at radius 2 is 2.17 bits per heavy atom. The number of nitrogens with zero attached hydrogens (tertiary/aromatic N) is 2. The molecule has 1 aromatic rings. The van der Waals surface area contributed by atoms with Gasteiger partial charge in [0.1, 0.15) is 0 Å². The molecule has 18 heavy (non-hydrogen) atoms. The summed E-state index contributed by atoms with van der Waals surface area (Å²) in [5.41, 5.74) is 1.16. The van der Waals surface area contributed by atoms with Crippen molar-refractivity contribution in [1.29, 1.82) is 0 Å². The summed E-state index contributed by atoms with van der Waals surface area (Å²) in [5, 5.41) is 3.32. The SMILES string of the molecule is CN1CCN=C1NCc1ccc2c(c1)OCO2.I. The summed E-state index contributed by atoms with van der Waals surface area (Å²) in [7, 11) is 2.04. The van der Waals surface area contributed by atoms with Crippen molar-refractivity contribution in [2.45, 2.75) is 6.54 Å². The Morgan fingerprint density at radius 3 is 2.94 bits per heavy atom. The van der Waals surface area contributed by atoms with E-state index in [0.717, 1.165) is 42.7 Å². The summed E-state index contributed by atoms with van der Waals surface area (Å²) in [5.74, 6) is 2.61. The molecular formula is C12H16IN3O2. The smallest absolute Gasteiger partial charge is 0.231 e. The minimum absolute atomic E-state index is 0. The van der Waals surface area contributed by atoms with Gasteiger partial charge < -0.3 is 19.7 Å². The number of hydrogen-bond donors (Lipinski definition) is 1. The van der Waals surface area contributed by atoms with Crippen LogP contribution in [-0.4, -0.2) is 37.8 Å². The maximum absolute atomic E-state index is 5.34. The molecule has 5 nitrogen and oxygen atoms in total. The fourth-order valence-corrected chi connectivity index (χ4v) is 1.96. The quantitative estimate of drug-likeness (QED) is 0.810. The molecule has 0 saturated heterocycles. The normalized spacial score (nSPS) is 16.3. The number of fused-ring (bicyclic) bond motifs is 1. The number of ether oxygens (including phenoxy) is 2. The highest BCUT2D eigenvalue weighted by Gasteiger charge is 2.14. The zero-order valence-corrected chi connectivity index (χ0v) is 12.5. The molecule has 0 bridgehead atoms. The molecule has 2 heterocycles. The lowest BCUT2D eigenvalue weighted by atomic mass is 10.2. The second-order valence-electron chi connectivity index (χ2n) is 4.17. The Hall–Kier alpha value is -1.18. The van der Waals surface area contributed by atoms with E-state index in [0.29, 0.717) is 6.79 Å². The lowest BCUT2D eigenvalue weighted by molar-refractivity contribution is 0.174. The van der Waals surface area contributed by atoms with Gasteiger partial charge in [-0.2, -0.15) is 0 Å². The van der Waals surface area contributed by atoms with Gasteiger partial charge in [-0.1, -0.05) is 6.07 Å². The monoisotopic (exact) mass is 361 g/mol. The predicted octanol–water partition coefficient (Wildman–Crippen LogP) is 1.42. The van der Waals surface area contributed by atoms with Crippen LogP contribution in [0.3, 0.4) is 0 Å². The molecule has 0 aliphatic carbocycles. The van der Waals surface area contributed by atoms with Crippen LogP contribution < -0.4 is 14.8 Å². The third-order valence-corrected chi connectivity index (χ3v) is 2.95. The van der Waals surface area contributed by atoms with Crippen molar-refractivity contribution in [2.24, 2.45) is 4.99 Å². The van der Waals surface area contributed by atoms with Gasteiger partial charge in [0.25, 0.3) is 0 Å². The minimum atomic E-state index is 0. The van der Waals surface area contributed by atoms with Gasteiger partial charge in [0.05, 0.1) is 6.54 Å². The standard InChI is InChI=1S/C12H15N3O2.HI/c1-15-5-4-13-12(15)14-7-9-2-3-10-11(6-9)17-8-16-10;/h2-3,6H,4-5,7-8H2,1H3,(H,13,14);1H. The van der Waals surface area contributed by atoms with E-state index in [1.807, 2.05) is 25.2 Å². The third-order valence-electron chi connectivity index (χ3n) is 2.95. The van der Waals surface area contributed by atoms with E-state index in [4.69, 9.17) is 9.47 Å². The first kappa shape index (κ1) is 13.3. The highest BCUT2D eigenvalue weighted by atomic mass is 127. The molecule has 0 saturated carbocycles. The van der Waals surface area contributed by atoms with E-state index in [1.165, 1.54) is 0 Å². The topological polar surface area (TPSA) is 46.1 Å². The van der Waals surface area contributed by atoms with Crippen LogP contribution in [-0.2, 0) is 6.54 Å². The van der Waals surface area contributed by atoms with E-state index in [-0.39, 0.29) is 24.0 Å². The number of rotatable bonds is 2. The fourth-order valence-electron chi connectivity index (χ4n) is 1.96. The second-order valence-corrected chi connectivity index (χ2v) is 4.17. The average molecular weight is 361 g/mol. The van der Waals surface area contributed by atoms with Gasteiger partial charge in [0.15, 0.2) is 17.5 Å². The van der Waals surface area contributed by atoms with Crippen molar-refractivity contribution in [3.8, 4) is 11.5 Å². The molecule has 1 aromatic carbocycles. The summed E-state index contributed by atoms with van der Waals surface area (Å²) in [6.45, 7) is 2.94. The Balaban J connectivity index is 0.00000120. The zero-order valence-electron chi connectivity index (χ0n) is 10.2. The molecule has 98 valence electrons. The molecule has 3 rings (SSSR count). The van der Waals surface area contributed by atoms with E-state index in [2.05, 4.69) is 15.2 Å².